The number of carbonyl (C=O) groups excluding carboxylic acids is 1. The number of pyridine rings is 1. The lowest BCUT2D eigenvalue weighted by Crippen LogP contribution is -2.46. The van der Waals surface area contributed by atoms with Crippen LogP contribution in [0.5, 0.6) is 11.5 Å². The van der Waals surface area contributed by atoms with E-state index in [1.54, 1.807) is 30.6 Å². The van der Waals surface area contributed by atoms with E-state index in [-0.39, 0.29) is 12.0 Å². The van der Waals surface area contributed by atoms with Crippen molar-refractivity contribution in [1.82, 2.24) is 4.98 Å². The van der Waals surface area contributed by atoms with Crippen molar-refractivity contribution in [3.05, 3.63) is 48.8 Å². The van der Waals surface area contributed by atoms with E-state index in [4.69, 9.17) is 9.47 Å². The molecule has 1 aliphatic rings. The first kappa shape index (κ1) is 12.5. The van der Waals surface area contributed by atoms with Crippen LogP contribution in [0.3, 0.4) is 0 Å². The Morgan fingerprint density at radius 1 is 1.10 bits per heavy atom. The lowest BCUT2D eigenvalue weighted by Gasteiger charge is -2.30. The highest BCUT2D eigenvalue weighted by atomic mass is 16.6. The smallest absolute Gasteiger partial charge is 0.269 e. The zero-order chi connectivity index (χ0) is 13.9. The number of benzene rings is 1. The van der Waals surface area contributed by atoms with Crippen LogP contribution in [0.1, 0.15) is 6.92 Å². The Bertz CT molecular complexity index is 616. The van der Waals surface area contributed by atoms with Crippen molar-refractivity contribution in [3.63, 3.8) is 0 Å². The molecule has 2 atom stereocenters. The molecule has 1 aromatic carbocycles. The fourth-order valence-corrected chi connectivity index (χ4v) is 2.05. The summed E-state index contributed by atoms with van der Waals surface area (Å²) in [7, 11) is 0. The number of amides is 1. The number of aromatic nitrogens is 1. The third-order valence-corrected chi connectivity index (χ3v) is 3.05. The van der Waals surface area contributed by atoms with Gasteiger partial charge in [-0.05, 0) is 31.2 Å². The fraction of sp³-hybridized carbons (Fsp3) is 0.200. The number of fused-ring (bicyclic) bond motifs is 1. The third kappa shape index (κ3) is 2.42. The molecule has 20 heavy (non-hydrogen) atoms. The highest BCUT2D eigenvalue weighted by Crippen LogP contribution is 2.33. The number of carbonyl (C=O) groups is 1. The fourth-order valence-electron chi connectivity index (χ4n) is 2.05. The Kier molecular flexibility index (Phi) is 3.25. The Hall–Kier alpha value is -2.56. The quantitative estimate of drug-likeness (QED) is 0.909. The van der Waals surface area contributed by atoms with Crippen molar-refractivity contribution in [2.24, 2.45) is 0 Å². The summed E-state index contributed by atoms with van der Waals surface area (Å²) < 4.78 is 11.4. The maximum Gasteiger partial charge on any atom is 0.269 e. The van der Waals surface area contributed by atoms with Gasteiger partial charge in [-0.3, -0.25) is 9.78 Å². The molecule has 2 aromatic rings. The summed E-state index contributed by atoms with van der Waals surface area (Å²) in [5, 5.41) is 2.79. The molecule has 5 nitrogen and oxygen atoms in total. The second kappa shape index (κ2) is 5.21. The number of nitrogens with one attached hydrogen (secondary N) is 1. The van der Waals surface area contributed by atoms with Crippen molar-refractivity contribution in [3.8, 4) is 11.5 Å². The largest absolute Gasteiger partial charge is 0.482 e. The van der Waals surface area contributed by atoms with E-state index in [1.165, 1.54) is 0 Å². The Labute approximate surface area is 116 Å². The van der Waals surface area contributed by atoms with Gasteiger partial charge in [0.1, 0.15) is 6.10 Å². The van der Waals surface area contributed by atoms with Crippen LogP contribution in [-0.4, -0.2) is 23.1 Å². The molecule has 0 unspecified atom stereocenters. The summed E-state index contributed by atoms with van der Waals surface area (Å²) in [6.45, 7) is 1.81. The Balaban J connectivity index is 1.76. The van der Waals surface area contributed by atoms with E-state index in [1.807, 2.05) is 25.1 Å². The molecule has 5 heteroatoms. The van der Waals surface area contributed by atoms with Crippen LogP contribution in [0.2, 0.25) is 0 Å². The van der Waals surface area contributed by atoms with E-state index in [0.29, 0.717) is 17.2 Å². The predicted molar refractivity (Wildman–Crippen MR) is 73.8 cm³/mol. The number of anilines is 1. The lowest BCUT2D eigenvalue weighted by molar-refractivity contribution is -0.128. The van der Waals surface area contributed by atoms with Gasteiger partial charge in [-0.1, -0.05) is 12.1 Å². The predicted octanol–water partition coefficient (Wildman–Crippen LogP) is 2.25. The Morgan fingerprint density at radius 3 is 2.45 bits per heavy atom. The van der Waals surface area contributed by atoms with Crippen LogP contribution in [-0.2, 0) is 4.79 Å². The number of rotatable bonds is 2. The average Bonchev–Trinajstić information content (AvgIpc) is 2.47. The molecule has 0 saturated carbocycles. The first-order valence-corrected chi connectivity index (χ1v) is 6.37. The molecule has 2 heterocycles. The van der Waals surface area contributed by atoms with Gasteiger partial charge < -0.3 is 14.8 Å². The van der Waals surface area contributed by atoms with Gasteiger partial charge in [0.2, 0.25) is 6.10 Å². The minimum atomic E-state index is -0.682. The van der Waals surface area contributed by atoms with E-state index in [2.05, 4.69) is 10.3 Å². The second-order valence-corrected chi connectivity index (χ2v) is 4.53. The molecule has 0 aliphatic carbocycles. The van der Waals surface area contributed by atoms with Crippen LogP contribution in [0.25, 0.3) is 0 Å². The van der Waals surface area contributed by atoms with Crippen LogP contribution >= 0.6 is 0 Å². The van der Waals surface area contributed by atoms with Gasteiger partial charge in [0, 0.05) is 18.1 Å². The molecule has 1 amide bonds. The zero-order valence-electron chi connectivity index (χ0n) is 10.9. The summed E-state index contributed by atoms with van der Waals surface area (Å²) in [4.78, 5) is 16.2. The molecular formula is C15H14N2O3. The van der Waals surface area contributed by atoms with Gasteiger partial charge >= 0.3 is 0 Å². The van der Waals surface area contributed by atoms with Gasteiger partial charge in [-0.2, -0.15) is 0 Å². The normalized spacial score (nSPS) is 20.2. The van der Waals surface area contributed by atoms with Crippen molar-refractivity contribution < 1.29 is 14.3 Å². The highest BCUT2D eigenvalue weighted by molar-refractivity contribution is 5.95. The van der Waals surface area contributed by atoms with Gasteiger partial charge in [-0.25, -0.2) is 0 Å². The number of nitrogens with zero attached hydrogens (tertiary/aromatic N) is 1. The first-order chi connectivity index (χ1) is 9.74. The molecule has 0 fully saturated rings. The minimum absolute atomic E-state index is 0.238. The van der Waals surface area contributed by atoms with Crippen LogP contribution in [0.15, 0.2) is 48.8 Å². The molecule has 1 aromatic heterocycles. The molecule has 102 valence electrons. The third-order valence-electron chi connectivity index (χ3n) is 3.05. The van der Waals surface area contributed by atoms with Crippen LogP contribution in [0, 0.1) is 0 Å². The number of ether oxygens (including phenoxy) is 2. The van der Waals surface area contributed by atoms with Gasteiger partial charge in [0.05, 0.1) is 0 Å². The highest BCUT2D eigenvalue weighted by Gasteiger charge is 2.33. The molecule has 0 radical (unpaired) electrons. The molecule has 0 saturated heterocycles. The molecule has 1 aliphatic heterocycles. The summed E-state index contributed by atoms with van der Waals surface area (Å²) in [5.74, 6) is 1.01. The van der Waals surface area contributed by atoms with Crippen molar-refractivity contribution in [2.75, 3.05) is 5.32 Å². The average molecular weight is 270 g/mol. The molecule has 1 N–H and O–H groups in total. The monoisotopic (exact) mass is 270 g/mol. The van der Waals surface area contributed by atoms with Crippen LogP contribution < -0.4 is 14.8 Å². The number of para-hydroxylation sites is 2. The van der Waals surface area contributed by atoms with Crippen LogP contribution in [0.4, 0.5) is 5.69 Å². The maximum atomic E-state index is 12.3. The van der Waals surface area contributed by atoms with E-state index in [9.17, 15) is 4.79 Å². The van der Waals surface area contributed by atoms with E-state index >= 15 is 0 Å². The topological polar surface area (TPSA) is 60.5 Å². The maximum absolute atomic E-state index is 12.3. The second-order valence-electron chi connectivity index (χ2n) is 4.53. The summed E-state index contributed by atoms with van der Waals surface area (Å²) in [6, 6.07) is 10.8. The number of hydrogen-bond acceptors (Lipinski definition) is 4. The molecular weight excluding hydrogens is 256 g/mol. The standard InChI is InChI=1S/C15H14N2O3/c1-10-14(15(18)17-11-6-8-16-9-7-11)20-13-5-3-2-4-12(13)19-10/h2-10,14H,1H3,(H,16,17,18)/t10-,14+/m1/s1. The summed E-state index contributed by atoms with van der Waals surface area (Å²) in [5.41, 5.74) is 0.680. The SMILES string of the molecule is C[C@H]1Oc2ccccc2O[C@@H]1C(=O)Nc1ccncc1. The number of hydrogen-bond donors (Lipinski definition) is 1. The van der Waals surface area contributed by atoms with E-state index in [0.717, 1.165) is 0 Å². The van der Waals surface area contributed by atoms with Crippen molar-refractivity contribution in [1.29, 1.82) is 0 Å². The Morgan fingerprint density at radius 2 is 1.75 bits per heavy atom. The van der Waals surface area contributed by atoms with Crippen molar-refractivity contribution >= 4 is 11.6 Å². The summed E-state index contributed by atoms with van der Waals surface area (Å²) >= 11 is 0. The molecule has 0 spiro atoms. The lowest BCUT2D eigenvalue weighted by atomic mass is 10.1. The van der Waals surface area contributed by atoms with E-state index < -0.39 is 6.10 Å². The zero-order valence-corrected chi connectivity index (χ0v) is 10.9. The van der Waals surface area contributed by atoms with Gasteiger partial charge in [0.25, 0.3) is 5.91 Å². The van der Waals surface area contributed by atoms with Crippen molar-refractivity contribution in [2.45, 2.75) is 19.1 Å². The van der Waals surface area contributed by atoms with Gasteiger partial charge in [-0.15, -0.1) is 0 Å². The molecule has 0 bridgehead atoms. The minimum Gasteiger partial charge on any atom is -0.482 e. The summed E-state index contributed by atoms with van der Waals surface area (Å²) in [6.07, 6.45) is 2.20. The molecule has 3 rings (SSSR count). The first-order valence-electron chi connectivity index (χ1n) is 6.37. The van der Waals surface area contributed by atoms with Gasteiger partial charge in [0.15, 0.2) is 11.5 Å².